The number of halogens is 2. The fraction of sp³-hybridized carbons (Fsp3) is 0.226. The highest BCUT2D eigenvalue weighted by Crippen LogP contribution is 2.38. The number of nitrogens with one attached hydrogen (secondary N) is 2. The fourth-order valence-corrected chi connectivity index (χ4v) is 5.62. The Bertz CT molecular complexity index is 1730. The maximum atomic E-state index is 15.0. The van der Waals surface area contributed by atoms with Crippen LogP contribution in [0.4, 0.5) is 25.1 Å². The zero-order valence-corrected chi connectivity index (χ0v) is 22.7. The van der Waals surface area contributed by atoms with Crippen LogP contribution in [0.1, 0.15) is 23.2 Å². The van der Waals surface area contributed by atoms with E-state index in [9.17, 15) is 28.3 Å². The second-order valence-electron chi connectivity index (χ2n) is 10.6. The lowest BCUT2D eigenvalue weighted by molar-refractivity contribution is 0.102. The van der Waals surface area contributed by atoms with Crippen LogP contribution in [0, 0.1) is 23.5 Å². The van der Waals surface area contributed by atoms with Crippen LogP contribution in [-0.4, -0.2) is 50.7 Å². The summed E-state index contributed by atoms with van der Waals surface area (Å²) in [4.78, 5) is 44.4. The largest absolute Gasteiger partial charge is 0.454 e. The Hall–Kier alpha value is -5.10. The number of carbonyl (C=O) groups excluding carboxylic acids is 2. The van der Waals surface area contributed by atoms with Crippen molar-refractivity contribution in [3.8, 4) is 17.2 Å². The van der Waals surface area contributed by atoms with Crippen LogP contribution < -0.4 is 20.9 Å². The molecule has 2 fully saturated rings. The SMILES string of the molecule is O=C(Nc1ccc(Oc2ccnc(NC(=O)N3CC4CC(O)CC4C3)c2)c(F)c1)c1cccn(-c2ccc(F)cc2)c1=O. The van der Waals surface area contributed by atoms with Gasteiger partial charge in [0.05, 0.1) is 6.10 Å². The minimum Gasteiger partial charge on any atom is -0.454 e. The summed E-state index contributed by atoms with van der Waals surface area (Å²) in [6, 6.07) is 14.5. The number of hydrogen-bond donors (Lipinski definition) is 3. The summed E-state index contributed by atoms with van der Waals surface area (Å²) in [5, 5.41) is 15.1. The Balaban J connectivity index is 1.09. The highest BCUT2D eigenvalue weighted by Gasteiger charge is 2.41. The third-order valence-corrected chi connectivity index (χ3v) is 7.69. The van der Waals surface area contributed by atoms with Crippen LogP contribution in [0.3, 0.4) is 0 Å². The van der Waals surface area contributed by atoms with Gasteiger partial charge in [-0.1, -0.05) is 0 Å². The number of rotatable bonds is 6. The van der Waals surface area contributed by atoms with Crippen molar-refractivity contribution in [3.05, 3.63) is 107 Å². The van der Waals surface area contributed by atoms with E-state index in [-0.39, 0.29) is 40.7 Å². The number of amides is 3. The van der Waals surface area contributed by atoms with Gasteiger partial charge in [0.2, 0.25) is 0 Å². The van der Waals surface area contributed by atoms with Gasteiger partial charge in [0, 0.05) is 49.0 Å². The Labute approximate surface area is 244 Å². The van der Waals surface area contributed by atoms with Crippen LogP contribution in [0.5, 0.6) is 11.5 Å². The van der Waals surface area contributed by atoms with E-state index in [0.717, 1.165) is 6.07 Å². The second-order valence-corrected chi connectivity index (χ2v) is 10.6. The number of fused-ring (bicyclic) bond motifs is 1. The van der Waals surface area contributed by atoms with Crippen molar-refractivity contribution in [3.63, 3.8) is 0 Å². The quantitative estimate of drug-likeness (QED) is 0.298. The minimum atomic E-state index is -0.775. The topological polar surface area (TPSA) is 126 Å². The van der Waals surface area contributed by atoms with E-state index >= 15 is 0 Å². The van der Waals surface area contributed by atoms with E-state index in [4.69, 9.17) is 4.74 Å². The van der Waals surface area contributed by atoms with Crippen molar-refractivity contribution >= 4 is 23.4 Å². The van der Waals surface area contributed by atoms with Crippen molar-refractivity contribution in [2.24, 2.45) is 11.8 Å². The lowest BCUT2D eigenvalue weighted by Crippen LogP contribution is -2.34. The normalized spacial score (nSPS) is 19.1. The van der Waals surface area contributed by atoms with Crippen molar-refractivity contribution in [2.75, 3.05) is 23.7 Å². The van der Waals surface area contributed by atoms with E-state index < -0.39 is 23.1 Å². The van der Waals surface area contributed by atoms with Crippen LogP contribution in [0.15, 0.2) is 83.9 Å². The molecule has 3 N–H and O–H groups in total. The molecule has 2 atom stereocenters. The van der Waals surface area contributed by atoms with Gasteiger partial charge in [0.15, 0.2) is 11.6 Å². The average Bonchev–Trinajstić information content (AvgIpc) is 3.53. The second kappa shape index (κ2) is 11.6. The van der Waals surface area contributed by atoms with Crippen molar-refractivity contribution < 1.29 is 28.2 Å². The number of hydrogen-bond acceptors (Lipinski definition) is 6. The monoisotopic (exact) mass is 587 g/mol. The Morgan fingerprint density at radius 1 is 0.953 bits per heavy atom. The van der Waals surface area contributed by atoms with Gasteiger partial charge in [-0.2, -0.15) is 0 Å². The minimum absolute atomic E-state index is 0.0945. The van der Waals surface area contributed by atoms with Crippen LogP contribution in [-0.2, 0) is 0 Å². The van der Waals surface area contributed by atoms with Crippen LogP contribution in [0.25, 0.3) is 5.69 Å². The smallest absolute Gasteiger partial charge is 0.323 e. The first kappa shape index (κ1) is 28.0. The molecule has 2 aromatic heterocycles. The maximum Gasteiger partial charge on any atom is 0.323 e. The molecule has 1 aliphatic heterocycles. The van der Waals surface area contributed by atoms with Gasteiger partial charge < -0.3 is 20.1 Å². The molecule has 12 heteroatoms. The van der Waals surface area contributed by atoms with E-state index in [0.29, 0.717) is 43.5 Å². The summed E-state index contributed by atoms with van der Waals surface area (Å²) in [6.07, 6.45) is 3.99. The number of carbonyl (C=O) groups is 2. The summed E-state index contributed by atoms with van der Waals surface area (Å²) < 4.78 is 35.1. The molecule has 220 valence electrons. The van der Waals surface area contributed by atoms with Gasteiger partial charge in [-0.3, -0.25) is 19.5 Å². The van der Waals surface area contributed by atoms with Gasteiger partial charge in [-0.25, -0.2) is 18.6 Å². The maximum absolute atomic E-state index is 15.0. The van der Waals surface area contributed by atoms with E-state index in [1.54, 1.807) is 4.90 Å². The number of likely N-dealkylation sites (tertiary alicyclic amines) is 1. The van der Waals surface area contributed by atoms with Gasteiger partial charge in [-0.15, -0.1) is 0 Å². The zero-order valence-electron chi connectivity index (χ0n) is 22.7. The molecule has 10 nitrogen and oxygen atoms in total. The number of aliphatic hydroxyl groups excluding tert-OH is 1. The molecule has 1 saturated carbocycles. The van der Waals surface area contributed by atoms with E-state index in [2.05, 4.69) is 15.6 Å². The number of aliphatic hydroxyl groups is 1. The van der Waals surface area contributed by atoms with Crippen molar-refractivity contribution in [2.45, 2.75) is 18.9 Å². The van der Waals surface area contributed by atoms with E-state index in [1.165, 1.54) is 77.6 Å². The average molecular weight is 588 g/mol. The number of anilines is 2. The lowest BCUT2D eigenvalue weighted by atomic mass is 10.0. The zero-order chi connectivity index (χ0) is 30.1. The number of pyridine rings is 2. The Kier molecular flexibility index (Phi) is 7.59. The number of ether oxygens (including phenoxy) is 1. The molecule has 4 aromatic rings. The molecular weight excluding hydrogens is 560 g/mol. The molecule has 43 heavy (non-hydrogen) atoms. The van der Waals surface area contributed by atoms with Crippen molar-refractivity contribution in [1.82, 2.24) is 14.5 Å². The molecule has 0 spiro atoms. The first-order chi connectivity index (χ1) is 20.7. The molecule has 3 heterocycles. The predicted molar refractivity (Wildman–Crippen MR) is 153 cm³/mol. The Morgan fingerprint density at radius 3 is 2.42 bits per heavy atom. The molecule has 6 rings (SSSR count). The lowest BCUT2D eigenvalue weighted by Gasteiger charge is -2.18. The summed E-state index contributed by atoms with van der Waals surface area (Å²) in [5.74, 6) is -1.06. The van der Waals surface area contributed by atoms with Crippen LogP contribution in [0.2, 0.25) is 0 Å². The van der Waals surface area contributed by atoms with E-state index in [1.807, 2.05) is 0 Å². The summed E-state index contributed by atoms with van der Waals surface area (Å²) in [7, 11) is 0. The fourth-order valence-electron chi connectivity index (χ4n) is 5.62. The molecule has 2 aromatic carbocycles. The molecule has 1 aliphatic carbocycles. The molecular formula is C31H27F2N5O5. The molecule has 3 amide bonds. The van der Waals surface area contributed by atoms with Gasteiger partial charge >= 0.3 is 6.03 Å². The molecule has 1 saturated heterocycles. The highest BCUT2D eigenvalue weighted by atomic mass is 19.1. The number of urea groups is 1. The third-order valence-electron chi connectivity index (χ3n) is 7.69. The van der Waals surface area contributed by atoms with Gasteiger partial charge in [0.1, 0.15) is 22.9 Å². The van der Waals surface area contributed by atoms with Gasteiger partial charge in [-0.05, 0) is 79.3 Å². The summed E-state index contributed by atoms with van der Waals surface area (Å²) in [5.41, 5.74) is -0.337. The predicted octanol–water partition coefficient (Wildman–Crippen LogP) is 4.79. The highest BCUT2D eigenvalue weighted by molar-refractivity contribution is 6.04. The number of aromatic nitrogens is 2. The van der Waals surface area contributed by atoms with Gasteiger partial charge in [0.25, 0.3) is 11.5 Å². The molecule has 2 unspecified atom stereocenters. The Morgan fingerprint density at radius 2 is 1.70 bits per heavy atom. The first-order valence-corrected chi connectivity index (χ1v) is 13.7. The molecule has 0 bridgehead atoms. The number of benzene rings is 2. The molecule has 0 radical (unpaired) electrons. The first-order valence-electron chi connectivity index (χ1n) is 13.7. The summed E-state index contributed by atoms with van der Waals surface area (Å²) in [6.45, 7) is 1.15. The number of nitrogens with zero attached hydrogens (tertiary/aromatic N) is 3. The third kappa shape index (κ3) is 6.09. The summed E-state index contributed by atoms with van der Waals surface area (Å²) >= 11 is 0. The van der Waals surface area contributed by atoms with Crippen LogP contribution >= 0.6 is 0 Å². The molecule has 2 aliphatic rings. The van der Waals surface area contributed by atoms with Crippen molar-refractivity contribution in [1.29, 1.82) is 0 Å². The standard InChI is InChI=1S/C31H27F2N5O5/c32-20-3-6-22(7-4-20)38-11-1-2-25(30(38)41)29(40)35-21-5-8-27(26(33)14-21)43-24-9-10-34-28(15-24)36-31(42)37-16-18-12-23(39)13-19(18)17-37/h1-11,14-15,18-19,23,39H,12-13,16-17H2,(H,35,40)(H,34,36,42).